The van der Waals surface area contributed by atoms with E-state index in [1.807, 2.05) is 13.4 Å². The first-order chi connectivity index (χ1) is 9.86. The highest BCUT2D eigenvalue weighted by Gasteiger charge is 2.03. The summed E-state index contributed by atoms with van der Waals surface area (Å²) in [5.41, 5.74) is 2.47. The van der Waals surface area contributed by atoms with Crippen molar-refractivity contribution in [3.05, 3.63) is 66.2 Å². The number of imidazole rings is 1. The minimum absolute atomic E-state index is 0.869. The summed E-state index contributed by atoms with van der Waals surface area (Å²) < 4.78 is 2.16. The van der Waals surface area contributed by atoms with Gasteiger partial charge in [0.1, 0.15) is 0 Å². The molecule has 0 bridgehead atoms. The predicted octanol–water partition coefficient (Wildman–Crippen LogP) is 2.85. The van der Waals surface area contributed by atoms with Crippen LogP contribution in [0.25, 0.3) is 10.8 Å². The van der Waals surface area contributed by atoms with Crippen molar-refractivity contribution in [2.24, 2.45) is 0 Å². The van der Waals surface area contributed by atoms with E-state index >= 15 is 0 Å². The fourth-order valence-electron chi connectivity index (χ4n) is 2.50. The number of rotatable bonds is 5. The van der Waals surface area contributed by atoms with Crippen molar-refractivity contribution in [2.75, 3.05) is 13.6 Å². The molecule has 0 saturated heterocycles. The van der Waals surface area contributed by atoms with E-state index in [0.717, 1.165) is 25.2 Å². The number of aromatic nitrogens is 2. The molecule has 20 heavy (non-hydrogen) atoms. The summed E-state index contributed by atoms with van der Waals surface area (Å²) in [6.07, 6.45) is 5.03. The second kappa shape index (κ2) is 5.88. The zero-order valence-corrected chi connectivity index (χ0v) is 11.7. The van der Waals surface area contributed by atoms with Gasteiger partial charge in [0.25, 0.3) is 0 Å². The molecule has 3 nitrogen and oxygen atoms in total. The first kappa shape index (κ1) is 12.9. The van der Waals surface area contributed by atoms with Gasteiger partial charge in [-0.05, 0) is 23.4 Å². The van der Waals surface area contributed by atoms with E-state index in [1.165, 1.54) is 16.3 Å². The fourth-order valence-corrected chi connectivity index (χ4v) is 2.50. The summed E-state index contributed by atoms with van der Waals surface area (Å²) in [6, 6.07) is 15.0. The van der Waals surface area contributed by atoms with Crippen LogP contribution in [0.15, 0.2) is 55.0 Å². The second-order valence-corrected chi connectivity index (χ2v) is 5.03. The molecule has 0 atom stereocenters. The van der Waals surface area contributed by atoms with Gasteiger partial charge in [-0.2, -0.15) is 0 Å². The quantitative estimate of drug-likeness (QED) is 0.769. The summed E-state index contributed by atoms with van der Waals surface area (Å²) in [5.74, 6) is 0. The molecule has 102 valence electrons. The van der Waals surface area contributed by atoms with Gasteiger partial charge in [0, 0.05) is 25.7 Å². The molecule has 3 aromatic rings. The molecule has 0 spiro atoms. The number of nitrogens with zero attached hydrogens (tertiary/aromatic N) is 2. The second-order valence-electron chi connectivity index (χ2n) is 5.03. The lowest BCUT2D eigenvalue weighted by atomic mass is 10.0. The number of nitrogens with one attached hydrogen (secondary N) is 1. The van der Waals surface area contributed by atoms with Gasteiger partial charge in [-0.3, -0.25) is 0 Å². The van der Waals surface area contributed by atoms with Crippen molar-refractivity contribution in [2.45, 2.75) is 13.0 Å². The number of benzene rings is 2. The molecule has 0 radical (unpaired) electrons. The molecule has 1 aromatic heterocycles. The molecule has 2 aromatic carbocycles. The molecule has 0 aliphatic heterocycles. The van der Waals surface area contributed by atoms with Crippen molar-refractivity contribution < 1.29 is 0 Å². The smallest absolute Gasteiger partial charge is 0.0952 e. The van der Waals surface area contributed by atoms with E-state index in [4.69, 9.17) is 0 Å². The largest absolute Gasteiger partial charge is 0.333 e. The molecule has 0 aliphatic carbocycles. The minimum Gasteiger partial charge on any atom is -0.333 e. The van der Waals surface area contributed by atoms with Crippen LogP contribution >= 0.6 is 0 Å². The Kier molecular flexibility index (Phi) is 3.79. The molecule has 0 saturated carbocycles. The highest BCUT2D eigenvalue weighted by atomic mass is 15.0. The summed E-state index contributed by atoms with van der Waals surface area (Å²) >= 11 is 0. The van der Waals surface area contributed by atoms with E-state index in [9.17, 15) is 0 Å². The predicted molar refractivity (Wildman–Crippen MR) is 82.9 cm³/mol. The Labute approximate surface area is 119 Å². The van der Waals surface area contributed by atoms with Crippen LogP contribution in [0.4, 0.5) is 0 Å². The Balaban J connectivity index is 1.84. The van der Waals surface area contributed by atoms with Gasteiger partial charge >= 0.3 is 0 Å². The van der Waals surface area contributed by atoms with Gasteiger partial charge < -0.3 is 9.88 Å². The summed E-state index contributed by atoms with van der Waals surface area (Å²) in [5, 5.41) is 5.76. The SMILES string of the molecule is CNCCc1cn(Cc2cccc3ccccc23)cn1. The van der Waals surface area contributed by atoms with E-state index in [1.54, 1.807) is 0 Å². The van der Waals surface area contributed by atoms with Crippen molar-refractivity contribution in [3.63, 3.8) is 0 Å². The summed E-state index contributed by atoms with van der Waals surface area (Å²) in [6.45, 7) is 1.83. The summed E-state index contributed by atoms with van der Waals surface area (Å²) in [7, 11) is 1.97. The average Bonchev–Trinajstić information content (AvgIpc) is 2.93. The van der Waals surface area contributed by atoms with Crippen LogP contribution in [0.3, 0.4) is 0 Å². The molecule has 0 amide bonds. The standard InChI is InChI=1S/C17H19N3/c1-18-10-9-16-12-20(13-19-16)11-15-7-4-6-14-5-2-3-8-17(14)15/h2-8,12-13,18H,9-11H2,1H3. The van der Waals surface area contributed by atoms with Crippen LogP contribution in [0.2, 0.25) is 0 Å². The van der Waals surface area contributed by atoms with Crippen LogP contribution < -0.4 is 5.32 Å². The molecule has 3 rings (SSSR count). The van der Waals surface area contributed by atoms with Gasteiger partial charge in [0.15, 0.2) is 0 Å². The Morgan fingerprint density at radius 3 is 2.85 bits per heavy atom. The number of hydrogen-bond acceptors (Lipinski definition) is 2. The molecule has 0 fully saturated rings. The Hall–Kier alpha value is -2.13. The number of fused-ring (bicyclic) bond motifs is 1. The van der Waals surface area contributed by atoms with Crippen molar-refractivity contribution in [1.29, 1.82) is 0 Å². The maximum atomic E-state index is 4.45. The zero-order valence-electron chi connectivity index (χ0n) is 11.7. The van der Waals surface area contributed by atoms with Gasteiger partial charge in [0.2, 0.25) is 0 Å². The maximum Gasteiger partial charge on any atom is 0.0952 e. The lowest BCUT2D eigenvalue weighted by Crippen LogP contribution is -2.10. The highest BCUT2D eigenvalue weighted by molar-refractivity contribution is 5.85. The van der Waals surface area contributed by atoms with Gasteiger partial charge in [-0.25, -0.2) is 4.98 Å². The number of likely N-dealkylation sites (N-methyl/N-ethyl adjacent to an activating group) is 1. The maximum absolute atomic E-state index is 4.45. The Morgan fingerprint density at radius 1 is 1.10 bits per heavy atom. The van der Waals surface area contributed by atoms with Crippen LogP contribution in [-0.2, 0) is 13.0 Å². The third-order valence-electron chi connectivity index (χ3n) is 3.55. The van der Waals surface area contributed by atoms with Crippen LogP contribution in [-0.4, -0.2) is 23.1 Å². The van der Waals surface area contributed by atoms with Gasteiger partial charge in [0.05, 0.1) is 12.0 Å². The normalized spacial score (nSPS) is 11.1. The lowest BCUT2D eigenvalue weighted by molar-refractivity contribution is 0.774. The topological polar surface area (TPSA) is 29.9 Å². The molecule has 1 heterocycles. The zero-order chi connectivity index (χ0) is 13.8. The number of hydrogen-bond donors (Lipinski definition) is 1. The minimum atomic E-state index is 0.869. The first-order valence-corrected chi connectivity index (χ1v) is 6.99. The van der Waals surface area contributed by atoms with E-state index in [-0.39, 0.29) is 0 Å². The molecule has 1 N–H and O–H groups in total. The molecular weight excluding hydrogens is 246 g/mol. The monoisotopic (exact) mass is 265 g/mol. The van der Waals surface area contributed by atoms with Gasteiger partial charge in [-0.1, -0.05) is 42.5 Å². The third kappa shape index (κ3) is 2.73. The van der Waals surface area contributed by atoms with Crippen molar-refractivity contribution in [1.82, 2.24) is 14.9 Å². The van der Waals surface area contributed by atoms with Crippen molar-refractivity contribution in [3.8, 4) is 0 Å². The summed E-state index contributed by atoms with van der Waals surface area (Å²) in [4.78, 5) is 4.45. The fraction of sp³-hybridized carbons (Fsp3) is 0.235. The van der Waals surface area contributed by atoms with Crippen LogP contribution in [0, 0.1) is 0 Å². The highest BCUT2D eigenvalue weighted by Crippen LogP contribution is 2.19. The van der Waals surface area contributed by atoms with E-state index in [2.05, 4.69) is 63.5 Å². The van der Waals surface area contributed by atoms with E-state index < -0.39 is 0 Å². The van der Waals surface area contributed by atoms with E-state index in [0.29, 0.717) is 0 Å². The van der Waals surface area contributed by atoms with Crippen LogP contribution in [0.5, 0.6) is 0 Å². The molecule has 0 unspecified atom stereocenters. The third-order valence-corrected chi connectivity index (χ3v) is 3.55. The molecule has 3 heteroatoms. The Bertz CT molecular complexity index is 695. The first-order valence-electron chi connectivity index (χ1n) is 6.99. The van der Waals surface area contributed by atoms with Crippen molar-refractivity contribution >= 4 is 10.8 Å². The molecular formula is C17H19N3. The van der Waals surface area contributed by atoms with Gasteiger partial charge in [-0.15, -0.1) is 0 Å². The Morgan fingerprint density at radius 2 is 1.95 bits per heavy atom. The lowest BCUT2D eigenvalue weighted by Gasteiger charge is -2.07. The average molecular weight is 265 g/mol. The molecule has 0 aliphatic rings. The van der Waals surface area contributed by atoms with Crippen LogP contribution in [0.1, 0.15) is 11.3 Å².